The fraction of sp³-hybridized carbons (Fsp3) is 0.208. The summed E-state index contributed by atoms with van der Waals surface area (Å²) in [6, 6.07) is 17.0. The zero-order valence-electron chi connectivity index (χ0n) is 18.3. The predicted octanol–water partition coefficient (Wildman–Crippen LogP) is 3.28. The number of thioether (sulfide) groups is 1. The van der Waals surface area contributed by atoms with Crippen LogP contribution in [0.2, 0.25) is 0 Å². The molecule has 164 valence electrons. The van der Waals surface area contributed by atoms with E-state index in [1.165, 1.54) is 11.6 Å². The van der Waals surface area contributed by atoms with Crippen LogP contribution in [0.1, 0.15) is 24.0 Å². The Balaban J connectivity index is 1.93. The smallest absolute Gasteiger partial charge is 0.332 e. The minimum absolute atomic E-state index is 0.304. The SMILES string of the molecule is CSc1ccc([C@H]2C(C(=O)Nc3ccccc3)=C(C)Nc3c2c(=O)n(C)c(=O)n3C)cc1. The summed E-state index contributed by atoms with van der Waals surface area (Å²) in [6.45, 7) is 1.79. The van der Waals surface area contributed by atoms with Crippen LogP contribution in [0.3, 0.4) is 0 Å². The molecule has 0 saturated heterocycles. The van der Waals surface area contributed by atoms with Gasteiger partial charge in [0.25, 0.3) is 11.5 Å². The average molecular weight is 449 g/mol. The summed E-state index contributed by atoms with van der Waals surface area (Å²) < 4.78 is 2.49. The van der Waals surface area contributed by atoms with Gasteiger partial charge in [0.2, 0.25) is 0 Å². The number of hydrogen-bond acceptors (Lipinski definition) is 5. The van der Waals surface area contributed by atoms with Crippen LogP contribution < -0.4 is 21.9 Å². The van der Waals surface area contributed by atoms with E-state index in [0.29, 0.717) is 28.3 Å². The lowest BCUT2D eigenvalue weighted by atomic mass is 9.81. The van der Waals surface area contributed by atoms with Gasteiger partial charge in [-0.1, -0.05) is 30.3 Å². The molecule has 0 bridgehead atoms. The number of benzene rings is 2. The summed E-state index contributed by atoms with van der Waals surface area (Å²) >= 11 is 1.61. The number of para-hydroxylation sites is 1. The molecular weight excluding hydrogens is 424 g/mol. The van der Waals surface area contributed by atoms with Gasteiger partial charge in [-0.05, 0) is 43.0 Å². The Bertz CT molecular complexity index is 1340. The molecule has 32 heavy (non-hydrogen) atoms. The summed E-state index contributed by atoms with van der Waals surface area (Å²) in [5.74, 6) is -0.524. The minimum atomic E-state index is -0.628. The molecule has 2 aromatic carbocycles. The molecule has 0 spiro atoms. The van der Waals surface area contributed by atoms with E-state index >= 15 is 0 Å². The van der Waals surface area contributed by atoms with Crippen molar-refractivity contribution in [2.24, 2.45) is 14.1 Å². The molecule has 1 aliphatic rings. The van der Waals surface area contributed by atoms with Gasteiger partial charge in [0.05, 0.1) is 11.5 Å². The van der Waals surface area contributed by atoms with Crippen molar-refractivity contribution in [2.45, 2.75) is 17.7 Å². The Morgan fingerprint density at radius 3 is 2.28 bits per heavy atom. The van der Waals surface area contributed by atoms with Gasteiger partial charge in [-0.3, -0.25) is 18.7 Å². The second-order valence-corrected chi connectivity index (χ2v) is 8.54. The Labute approximate surface area is 189 Å². The van der Waals surface area contributed by atoms with Crippen molar-refractivity contribution < 1.29 is 4.79 Å². The van der Waals surface area contributed by atoms with Crippen molar-refractivity contribution in [3.63, 3.8) is 0 Å². The number of amides is 1. The van der Waals surface area contributed by atoms with Crippen LogP contribution >= 0.6 is 11.8 Å². The summed E-state index contributed by atoms with van der Waals surface area (Å²) in [5.41, 5.74) is 2.01. The highest BCUT2D eigenvalue weighted by molar-refractivity contribution is 7.98. The molecule has 0 aliphatic carbocycles. The van der Waals surface area contributed by atoms with E-state index in [1.807, 2.05) is 60.9 Å². The summed E-state index contributed by atoms with van der Waals surface area (Å²) in [4.78, 5) is 40.3. The van der Waals surface area contributed by atoms with Crippen LogP contribution in [0.4, 0.5) is 11.5 Å². The Kier molecular flexibility index (Phi) is 5.80. The topological polar surface area (TPSA) is 85.1 Å². The number of allylic oxidation sites excluding steroid dienone is 1. The first-order chi connectivity index (χ1) is 15.3. The molecule has 0 fully saturated rings. The second kappa shape index (κ2) is 8.55. The molecule has 1 amide bonds. The number of nitrogens with one attached hydrogen (secondary N) is 2. The highest BCUT2D eigenvalue weighted by atomic mass is 32.2. The third-order valence-electron chi connectivity index (χ3n) is 5.71. The summed E-state index contributed by atoms with van der Waals surface area (Å²) in [7, 11) is 3.07. The third kappa shape index (κ3) is 3.67. The first kappa shape index (κ1) is 21.7. The molecule has 8 heteroatoms. The molecule has 4 rings (SSSR count). The lowest BCUT2D eigenvalue weighted by molar-refractivity contribution is -0.113. The van der Waals surface area contributed by atoms with Gasteiger partial charge in [-0.25, -0.2) is 4.79 Å². The minimum Gasteiger partial charge on any atom is -0.344 e. The van der Waals surface area contributed by atoms with E-state index in [1.54, 1.807) is 25.7 Å². The normalized spacial score (nSPS) is 15.2. The first-order valence-electron chi connectivity index (χ1n) is 10.1. The van der Waals surface area contributed by atoms with E-state index in [2.05, 4.69) is 10.6 Å². The van der Waals surface area contributed by atoms with E-state index in [-0.39, 0.29) is 5.91 Å². The molecule has 0 saturated carbocycles. The van der Waals surface area contributed by atoms with E-state index in [0.717, 1.165) is 15.0 Å². The van der Waals surface area contributed by atoms with Gasteiger partial charge in [0.15, 0.2) is 0 Å². The van der Waals surface area contributed by atoms with Crippen LogP contribution in [0.5, 0.6) is 0 Å². The maximum absolute atomic E-state index is 13.5. The molecule has 0 radical (unpaired) electrons. The predicted molar refractivity (Wildman–Crippen MR) is 128 cm³/mol. The summed E-state index contributed by atoms with van der Waals surface area (Å²) in [5, 5.41) is 6.08. The lowest BCUT2D eigenvalue weighted by Gasteiger charge is -2.31. The van der Waals surface area contributed by atoms with E-state index in [9.17, 15) is 14.4 Å². The van der Waals surface area contributed by atoms with Crippen molar-refractivity contribution >= 4 is 29.2 Å². The molecule has 3 aromatic rings. The molecular formula is C24H24N4O3S. The molecule has 1 aromatic heterocycles. The van der Waals surface area contributed by atoms with Crippen molar-refractivity contribution in [2.75, 3.05) is 16.9 Å². The van der Waals surface area contributed by atoms with Gasteiger partial charge in [0, 0.05) is 35.9 Å². The average Bonchev–Trinajstić information content (AvgIpc) is 2.81. The Hall–Kier alpha value is -3.52. The standard InChI is InChI=1S/C24H24N4O3S/c1-14-18(22(29)26-16-8-6-5-7-9-16)19(15-10-12-17(32-4)13-11-15)20-21(25-14)27(2)24(31)28(3)23(20)30/h5-13,19,25H,1-4H3,(H,26,29)/t19-/m0/s1. The van der Waals surface area contributed by atoms with Crippen LogP contribution in [0.15, 0.2) is 80.4 Å². The number of carbonyl (C=O) groups excluding carboxylic acids is 1. The van der Waals surface area contributed by atoms with Gasteiger partial charge in [0.1, 0.15) is 5.82 Å². The number of fused-ring (bicyclic) bond motifs is 1. The highest BCUT2D eigenvalue weighted by Crippen LogP contribution is 2.40. The molecule has 2 heterocycles. The number of nitrogens with zero attached hydrogens (tertiary/aromatic N) is 2. The van der Waals surface area contributed by atoms with Crippen molar-refractivity contribution in [3.05, 3.63) is 97.8 Å². The number of hydrogen-bond donors (Lipinski definition) is 2. The van der Waals surface area contributed by atoms with Gasteiger partial charge in [-0.15, -0.1) is 11.8 Å². The Morgan fingerprint density at radius 1 is 1.00 bits per heavy atom. The Morgan fingerprint density at radius 2 is 1.66 bits per heavy atom. The highest BCUT2D eigenvalue weighted by Gasteiger charge is 2.36. The number of anilines is 2. The van der Waals surface area contributed by atoms with Crippen LogP contribution in [-0.4, -0.2) is 21.3 Å². The monoisotopic (exact) mass is 448 g/mol. The largest absolute Gasteiger partial charge is 0.344 e. The number of aromatic nitrogens is 2. The van der Waals surface area contributed by atoms with Crippen LogP contribution in [-0.2, 0) is 18.9 Å². The quantitative estimate of drug-likeness (QED) is 0.599. The van der Waals surface area contributed by atoms with Crippen molar-refractivity contribution in [1.29, 1.82) is 0 Å². The van der Waals surface area contributed by atoms with Crippen molar-refractivity contribution in [1.82, 2.24) is 9.13 Å². The molecule has 1 atom stereocenters. The van der Waals surface area contributed by atoms with Gasteiger partial charge >= 0.3 is 5.69 Å². The lowest BCUT2D eigenvalue weighted by Crippen LogP contribution is -2.43. The number of rotatable bonds is 4. The van der Waals surface area contributed by atoms with Crippen molar-refractivity contribution in [3.8, 4) is 0 Å². The second-order valence-electron chi connectivity index (χ2n) is 7.66. The third-order valence-corrected chi connectivity index (χ3v) is 6.46. The zero-order valence-corrected chi connectivity index (χ0v) is 19.1. The fourth-order valence-corrected chi connectivity index (χ4v) is 4.45. The molecule has 2 N–H and O–H groups in total. The van der Waals surface area contributed by atoms with Gasteiger partial charge < -0.3 is 10.6 Å². The maximum Gasteiger partial charge on any atom is 0.332 e. The summed E-state index contributed by atoms with van der Waals surface area (Å²) in [6.07, 6.45) is 1.99. The zero-order chi connectivity index (χ0) is 23.0. The first-order valence-corrected chi connectivity index (χ1v) is 11.3. The van der Waals surface area contributed by atoms with E-state index < -0.39 is 17.2 Å². The van der Waals surface area contributed by atoms with Gasteiger partial charge in [-0.2, -0.15) is 0 Å². The molecule has 7 nitrogen and oxygen atoms in total. The molecule has 0 unspecified atom stereocenters. The molecule has 1 aliphatic heterocycles. The van der Waals surface area contributed by atoms with Crippen LogP contribution in [0, 0.1) is 0 Å². The number of carbonyl (C=O) groups is 1. The fourth-order valence-electron chi connectivity index (χ4n) is 4.04. The maximum atomic E-state index is 13.5. The van der Waals surface area contributed by atoms with Crippen LogP contribution in [0.25, 0.3) is 0 Å². The van der Waals surface area contributed by atoms with E-state index in [4.69, 9.17) is 0 Å².